The zero-order valence-electron chi connectivity index (χ0n) is 11.7. The van der Waals surface area contributed by atoms with Crippen LogP contribution in [0, 0.1) is 0 Å². The van der Waals surface area contributed by atoms with Gasteiger partial charge in [0.1, 0.15) is 5.56 Å². The molecule has 0 aliphatic rings. The summed E-state index contributed by atoms with van der Waals surface area (Å²) >= 11 is 0. The zero-order chi connectivity index (χ0) is 15.3. The van der Waals surface area contributed by atoms with Gasteiger partial charge in [0, 0.05) is 12.6 Å². The van der Waals surface area contributed by atoms with E-state index in [1.165, 1.54) is 0 Å². The topological polar surface area (TPSA) is 113 Å². The molecule has 1 aromatic rings. The number of aliphatic hydroxyl groups excluding tert-OH is 1. The summed E-state index contributed by atoms with van der Waals surface area (Å²) in [6.45, 7) is 4.72. The molecule has 9 heteroatoms. The van der Waals surface area contributed by atoms with Crippen molar-refractivity contribution in [3.8, 4) is 0 Å². The van der Waals surface area contributed by atoms with Gasteiger partial charge in [-0.25, -0.2) is 13.2 Å². The second-order valence-electron chi connectivity index (χ2n) is 4.27. The Morgan fingerprint density at radius 3 is 2.70 bits per heavy atom. The van der Waals surface area contributed by atoms with Crippen molar-refractivity contribution in [3.63, 3.8) is 0 Å². The molecule has 8 nitrogen and oxygen atoms in total. The van der Waals surface area contributed by atoms with Gasteiger partial charge in [0.25, 0.3) is 10.0 Å². The predicted molar refractivity (Wildman–Crippen MR) is 70.7 cm³/mol. The summed E-state index contributed by atoms with van der Waals surface area (Å²) in [6.07, 6.45) is 1.11. The number of hydrogen-bond donors (Lipinski definition) is 2. The maximum atomic E-state index is 12.5. The number of carbonyl (C=O) groups is 1. The minimum atomic E-state index is -3.96. The first-order valence-electron chi connectivity index (χ1n) is 6.19. The average Bonchev–Trinajstić information content (AvgIpc) is 2.85. The molecule has 0 aliphatic heterocycles. The highest BCUT2D eigenvalue weighted by Gasteiger charge is 2.32. The lowest BCUT2D eigenvalue weighted by Gasteiger charge is -2.24. The van der Waals surface area contributed by atoms with Crippen LogP contribution in [0.5, 0.6) is 0 Å². The number of esters is 1. The summed E-state index contributed by atoms with van der Waals surface area (Å²) in [5.41, 5.74) is -0.143. The highest BCUT2D eigenvalue weighted by Crippen LogP contribution is 2.20. The quantitative estimate of drug-likeness (QED) is 0.684. The Hall–Kier alpha value is -1.45. The lowest BCUT2D eigenvalue weighted by Crippen LogP contribution is -2.39. The molecule has 114 valence electrons. The lowest BCUT2D eigenvalue weighted by molar-refractivity contribution is 0.0521. The highest BCUT2D eigenvalue weighted by atomic mass is 32.2. The van der Waals surface area contributed by atoms with Crippen molar-refractivity contribution in [1.29, 1.82) is 0 Å². The molecule has 20 heavy (non-hydrogen) atoms. The number of aromatic nitrogens is 2. The third kappa shape index (κ3) is 3.35. The smallest absolute Gasteiger partial charge is 0.342 e. The Bertz CT molecular complexity index is 552. The number of H-pyrrole nitrogens is 1. The maximum Gasteiger partial charge on any atom is 0.342 e. The number of sulfonamides is 1. The SMILES string of the molecule is CCOC(=O)c1cn[nH]c1S(=O)(=O)N(CCO)C(C)C. The molecule has 0 atom stereocenters. The first-order chi connectivity index (χ1) is 9.36. The summed E-state index contributed by atoms with van der Waals surface area (Å²) in [4.78, 5) is 11.7. The Balaban J connectivity index is 3.22. The van der Waals surface area contributed by atoms with Crippen LogP contribution in [0.1, 0.15) is 31.1 Å². The van der Waals surface area contributed by atoms with Gasteiger partial charge >= 0.3 is 5.97 Å². The van der Waals surface area contributed by atoms with Crippen LogP contribution < -0.4 is 0 Å². The molecule has 0 aliphatic carbocycles. The summed E-state index contributed by atoms with van der Waals surface area (Å²) in [5.74, 6) is -0.757. The van der Waals surface area contributed by atoms with Gasteiger partial charge in [-0.05, 0) is 20.8 Å². The molecule has 0 spiro atoms. The molecule has 2 N–H and O–H groups in total. The predicted octanol–water partition coefficient (Wildman–Crippen LogP) is -0.0222. The third-order valence-corrected chi connectivity index (χ3v) is 4.61. The summed E-state index contributed by atoms with van der Waals surface area (Å²) in [5, 5.41) is 14.6. The van der Waals surface area contributed by atoms with Gasteiger partial charge in [-0.1, -0.05) is 0 Å². The monoisotopic (exact) mass is 305 g/mol. The number of aliphatic hydroxyl groups is 1. The molecule has 0 aromatic carbocycles. The largest absolute Gasteiger partial charge is 0.462 e. The van der Waals surface area contributed by atoms with Crippen molar-refractivity contribution in [2.75, 3.05) is 19.8 Å². The molecule has 1 heterocycles. The van der Waals surface area contributed by atoms with Crippen LogP contribution >= 0.6 is 0 Å². The molecule has 0 unspecified atom stereocenters. The van der Waals surface area contributed by atoms with Gasteiger partial charge in [0.15, 0.2) is 5.03 Å². The summed E-state index contributed by atoms with van der Waals surface area (Å²) < 4.78 is 30.9. The van der Waals surface area contributed by atoms with Crippen LogP contribution in [0.3, 0.4) is 0 Å². The van der Waals surface area contributed by atoms with Crippen molar-refractivity contribution in [3.05, 3.63) is 11.8 Å². The Labute approximate surface area is 117 Å². The number of nitrogens with one attached hydrogen (secondary N) is 1. The van der Waals surface area contributed by atoms with E-state index < -0.39 is 16.0 Å². The van der Waals surface area contributed by atoms with Crippen LogP contribution in [-0.2, 0) is 14.8 Å². The molecule has 1 aromatic heterocycles. The molecule has 1 rings (SSSR count). The van der Waals surface area contributed by atoms with Crippen LogP contribution in [0.25, 0.3) is 0 Å². The van der Waals surface area contributed by atoms with E-state index in [-0.39, 0.29) is 36.4 Å². The lowest BCUT2D eigenvalue weighted by atomic mass is 10.4. The van der Waals surface area contributed by atoms with Crippen molar-refractivity contribution < 1.29 is 23.1 Å². The van der Waals surface area contributed by atoms with Crippen LogP contribution in [0.2, 0.25) is 0 Å². The van der Waals surface area contributed by atoms with Crippen molar-refractivity contribution in [2.24, 2.45) is 0 Å². The second kappa shape index (κ2) is 6.82. The van der Waals surface area contributed by atoms with Crippen molar-refractivity contribution in [1.82, 2.24) is 14.5 Å². The molecule has 0 saturated carbocycles. The van der Waals surface area contributed by atoms with Crippen LogP contribution in [0.15, 0.2) is 11.2 Å². The van der Waals surface area contributed by atoms with Gasteiger partial charge in [0.05, 0.1) is 19.4 Å². The zero-order valence-corrected chi connectivity index (χ0v) is 12.5. The average molecular weight is 305 g/mol. The minimum absolute atomic E-state index is 0.0682. The number of rotatable bonds is 7. The maximum absolute atomic E-state index is 12.5. The molecule has 0 saturated heterocycles. The van der Waals surface area contributed by atoms with E-state index in [1.54, 1.807) is 20.8 Å². The van der Waals surface area contributed by atoms with Crippen LogP contribution in [-0.4, -0.2) is 59.8 Å². The highest BCUT2D eigenvalue weighted by molar-refractivity contribution is 7.89. The van der Waals surface area contributed by atoms with Gasteiger partial charge < -0.3 is 9.84 Å². The fraction of sp³-hybridized carbons (Fsp3) is 0.636. The van der Waals surface area contributed by atoms with E-state index in [4.69, 9.17) is 9.84 Å². The van der Waals surface area contributed by atoms with Gasteiger partial charge in [0.2, 0.25) is 0 Å². The number of aromatic amines is 1. The molecule has 0 fully saturated rings. The third-order valence-electron chi connectivity index (χ3n) is 2.56. The molecular weight excluding hydrogens is 286 g/mol. The number of nitrogens with zero attached hydrogens (tertiary/aromatic N) is 2. The molecule has 0 radical (unpaired) electrons. The van der Waals surface area contributed by atoms with Crippen molar-refractivity contribution >= 4 is 16.0 Å². The van der Waals surface area contributed by atoms with E-state index in [1.807, 2.05) is 0 Å². The van der Waals surface area contributed by atoms with Gasteiger partial charge in [-0.3, -0.25) is 5.10 Å². The number of ether oxygens (including phenoxy) is 1. The number of hydrogen-bond acceptors (Lipinski definition) is 6. The molecule has 0 bridgehead atoms. The number of carbonyl (C=O) groups excluding carboxylic acids is 1. The Morgan fingerprint density at radius 2 is 2.20 bits per heavy atom. The normalized spacial score (nSPS) is 12.1. The van der Waals surface area contributed by atoms with E-state index in [0.29, 0.717) is 0 Å². The van der Waals surface area contributed by atoms with Gasteiger partial charge in [-0.2, -0.15) is 9.40 Å². The van der Waals surface area contributed by atoms with E-state index >= 15 is 0 Å². The second-order valence-corrected chi connectivity index (χ2v) is 6.09. The minimum Gasteiger partial charge on any atom is -0.462 e. The van der Waals surface area contributed by atoms with E-state index in [9.17, 15) is 13.2 Å². The van der Waals surface area contributed by atoms with Gasteiger partial charge in [-0.15, -0.1) is 0 Å². The summed E-state index contributed by atoms with van der Waals surface area (Å²) in [7, 11) is -3.96. The standard InChI is InChI=1S/C11H19N3O5S/c1-4-19-11(16)9-7-12-13-10(9)20(17,18)14(5-6-15)8(2)3/h7-8,15H,4-6H2,1-3H3,(H,12,13). The fourth-order valence-electron chi connectivity index (χ4n) is 1.70. The van der Waals surface area contributed by atoms with E-state index in [2.05, 4.69) is 10.2 Å². The fourth-order valence-corrected chi connectivity index (χ4v) is 3.39. The summed E-state index contributed by atoms with van der Waals surface area (Å²) in [6, 6.07) is -0.370. The first-order valence-corrected chi connectivity index (χ1v) is 7.63. The Kier molecular flexibility index (Phi) is 5.66. The van der Waals surface area contributed by atoms with Crippen LogP contribution in [0.4, 0.5) is 0 Å². The van der Waals surface area contributed by atoms with Crippen molar-refractivity contribution in [2.45, 2.75) is 31.8 Å². The van der Waals surface area contributed by atoms with E-state index in [0.717, 1.165) is 10.5 Å². The Morgan fingerprint density at radius 1 is 1.55 bits per heavy atom. The molecule has 0 amide bonds. The molecular formula is C11H19N3O5S. The first kappa shape index (κ1) is 16.6.